The van der Waals surface area contributed by atoms with Crippen molar-refractivity contribution >= 4 is 0 Å². The lowest BCUT2D eigenvalue weighted by Gasteiger charge is -2.36. The highest BCUT2D eigenvalue weighted by atomic mass is 19.4. The van der Waals surface area contributed by atoms with Crippen LogP contribution in [0.1, 0.15) is 48.5 Å². The lowest BCUT2D eigenvalue weighted by Crippen LogP contribution is -2.39. The number of hydrogen-bond acceptors (Lipinski definition) is 6. The quantitative estimate of drug-likeness (QED) is 0.621. The summed E-state index contributed by atoms with van der Waals surface area (Å²) in [7, 11) is 0. The number of halogens is 4. The molecule has 0 spiro atoms. The van der Waals surface area contributed by atoms with Crippen LogP contribution in [0.5, 0.6) is 11.6 Å². The van der Waals surface area contributed by atoms with Gasteiger partial charge in [0, 0.05) is 24.8 Å². The molecule has 2 aromatic rings. The van der Waals surface area contributed by atoms with Gasteiger partial charge in [0.25, 0.3) is 5.88 Å². The third-order valence-corrected chi connectivity index (χ3v) is 5.72. The first-order valence-corrected chi connectivity index (χ1v) is 10.6. The van der Waals surface area contributed by atoms with Crippen molar-refractivity contribution in [3.8, 4) is 11.6 Å². The van der Waals surface area contributed by atoms with E-state index in [0.29, 0.717) is 67.7 Å². The van der Waals surface area contributed by atoms with Crippen LogP contribution < -0.4 is 9.47 Å². The third-order valence-electron chi connectivity index (χ3n) is 5.72. The zero-order chi connectivity index (χ0) is 22.9. The second-order valence-electron chi connectivity index (χ2n) is 8.08. The van der Waals surface area contributed by atoms with Crippen LogP contribution in [0.2, 0.25) is 0 Å². The van der Waals surface area contributed by atoms with E-state index in [4.69, 9.17) is 14.2 Å². The van der Waals surface area contributed by atoms with Gasteiger partial charge in [0.1, 0.15) is 24.7 Å². The number of pyridine rings is 2. The maximum absolute atomic E-state index is 14.6. The number of ether oxygens (including phenoxy) is 3. The third kappa shape index (κ3) is 5.12. The predicted molar refractivity (Wildman–Crippen MR) is 107 cm³/mol. The SMILES string of the molecule is Cc1cc(COC2CCN(C(C)c3nc4c(cc3F)OCCO4)CC2)cc(C(F)(F)F)n1. The molecule has 2 aliphatic rings. The topological polar surface area (TPSA) is 56.7 Å². The molecule has 0 aromatic carbocycles. The highest BCUT2D eigenvalue weighted by molar-refractivity contribution is 5.37. The van der Waals surface area contributed by atoms with Gasteiger partial charge in [0.2, 0.25) is 0 Å². The molecule has 1 saturated heterocycles. The normalized spacial score (nSPS) is 18.6. The van der Waals surface area contributed by atoms with Crippen LogP contribution in [0, 0.1) is 12.7 Å². The molecule has 0 bridgehead atoms. The molecule has 0 aliphatic carbocycles. The Morgan fingerprint density at radius 1 is 1.12 bits per heavy atom. The van der Waals surface area contributed by atoms with E-state index in [-0.39, 0.29) is 18.8 Å². The van der Waals surface area contributed by atoms with Gasteiger partial charge in [-0.2, -0.15) is 13.2 Å². The number of rotatable bonds is 5. The fourth-order valence-corrected chi connectivity index (χ4v) is 4.04. The van der Waals surface area contributed by atoms with Gasteiger partial charge in [-0.05, 0) is 44.4 Å². The molecule has 4 rings (SSSR count). The van der Waals surface area contributed by atoms with E-state index in [1.54, 1.807) is 6.07 Å². The van der Waals surface area contributed by atoms with Crippen molar-refractivity contribution in [2.24, 2.45) is 0 Å². The number of aryl methyl sites for hydroxylation is 1. The second-order valence-corrected chi connectivity index (χ2v) is 8.08. The highest BCUT2D eigenvalue weighted by Crippen LogP contribution is 2.34. The molecular weight excluding hydrogens is 430 g/mol. The Kier molecular flexibility index (Phi) is 6.52. The summed E-state index contributed by atoms with van der Waals surface area (Å²) < 4.78 is 70.2. The van der Waals surface area contributed by atoms with Gasteiger partial charge in [0.05, 0.1) is 24.4 Å². The highest BCUT2D eigenvalue weighted by Gasteiger charge is 2.33. The summed E-state index contributed by atoms with van der Waals surface area (Å²) in [6, 6.07) is 3.68. The largest absolute Gasteiger partial charge is 0.484 e. The fraction of sp³-hybridized carbons (Fsp3) is 0.545. The van der Waals surface area contributed by atoms with E-state index >= 15 is 0 Å². The summed E-state index contributed by atoms with van der Waals surface area (Å²) in [6.45, 7) is 5.57. The van der Waals surface area contributed by atoms with Crippen molar-refractivity contribution in [3.63, 3.8) is 0 Å². The molecule has 2 aliphatic heterocycles. The Balaban J connectivity index is 1.33. The lowest BCUT2D eigenvalue weighted by molar-refractivity contribution is -0.141. The minimum absolute atomic E-state index is 0.0840. The Morgan fingerprint density at radius 2 is 1.84 bits per heavy atom. The van der Waals surface area contributed by atoms with E-state index < -0.39 is 17.7 Å². The maximum Gasteiger partial charge on any atom is 0.433 e. The van der Waals surface area contributed by atoms with Crippen molar-refractivity contribution in [3.05, 3.63) is 46.7 Å². The zero-order valence-corrected chi connectivity index (χ0v) is 17.9. The first kappa shape index (κ1) is 22.7. The predicted octanol–water partition coefficient (Wildman–Crippen LogP) is 4.46. The molecule has 174 valence electrons. The summed E-state index contributed by atoms with van der Waals surface area (Å²) in [5.74, 6) is 0.189. The first-order chi connectivity index (χ1) is 15.2. The van der Waals surface area contributed by atoms with E-state index in [0.717, 1.165) is 6.07 Å². The van der Waals surface area contributed by atoms with E-state index in [1.165, 1.54) is 13.0 Å². The van der Waals surface area contributed by atoms with Crippen molar-refractivity contribution in [1.82, 2.24) is 14.9 Å². The summed E-state index contributed by atoms with van der Waals surface area (Å²) in [5, 5.41) is 0. The van der Waals surface area contributed by atoms with E-state index in [2.05, 4.69) is 14.9 Å². The van der Waals surface area contributed by atoms with Gasteiger partial charge in [-0.25, -0.2) is 14.4 Å². The molecule has 4 heterocycles. The standard InChI is InChI=1S/C22H25F4N3O3/c1-13-9-15(10-19(27-13)22(24,25)26)12-32-16-3-5-29(6-4-16)14(2)20-17(23)11-18-21(28-20)31-8-7-30-18/h9-11,14,16H,3-8,12H2,1-2H3. The molecule has 0 N–H and O–H groups in total. The second kappa shape index (κ2) is 9.19. The Bertz CT molecular complexity index is 962. The van der Waals surface area contributed by atoms with Crippen LogP contribution in [0.3, 0.4) is 0 Å². The summed E-state index contributed by atoms with van der Waals surface area (Å²) in [6.07, 6.45) is -3.20. The molecule has 2 aromatic heterocycles. The van der Waals surface area contributed by atoms with Crippen molar-refractivity contribution < 1.29 is 31.8 Å². The van der Waals surface area contributed by atoms with Gasteiger partial charge in [-0.3, -0.25) is 4.90 Å². The summed E-state index contributed by atoms with van der Waals surface area (Å²) in [4.78, 5) is 9.99. The number of nitrogens with zero attached hydrogens (tertiary/aromatic N) is 3. The molecule has 32 heavy (non-hydrogen) atoms. The maximum atomic E-state index is 14.6. The minimum atomic E-state index is -4.49. The average molecular weight is 455 g/mol. The van der Waals surface area contributed by atoms with Crippen LogP contribution in [0.4, 0.5) is 17.6 Å². The number of alkyl halides is 3. The fourth-order valence-electron chi connectivity index (χ4n) is 4.04. The van der Waals surface area contributed by atoms with Gasteiger partial charge in [-0.1, -0.05) is 0 Å². The molecule has 0 radical (unpaired) electrons. The van der Waals surface area contributed by atoms with Crippen molar-refractivity contribution in [1.29, 1.82) is 0 Å². The minimum Gasteiger partial charge on any atom is -0.484 e. The van der Waals surface area contributed by atoms with Crippen molar-refractivity contribution in [2.45, 2.75) is 51.6 Å². The number of aromatic nitrogens is 2. The molecule has 1 atom stereocenters. The number of likely N-dealkylation sites (tertiary alicyclic amines) is 1. The monoisotopic (exact) mass is 455 g/mol. The molecule has 0 saturated carbocycles. The molecule has 10 heteroatoms. The average Bonchev–Trinajstić information content (AvgIpc) is 2.76. The van der Waals surface area contributed by atoms with E-state index in [1.807, 2.05) is 6.92 Å². The number of hydrogen-bond donors (Lipinski definition) is 0. The van der Waals surface area contributed by atoms with Gasteiger partial charge in [-0.15, -0.1) is 0 Å². The lowest BCUT2D eigenvalue weighted by atomic mass is 10.0. The Morgan fingerprint density at radius 3 is 2.56 bits per heavy atom. The molecule has 6 nitrogen and oxygen atoms in total. The molecular formula is C22H25F4N3O3. The summed E-state index contributed by atoms with van der Waals surface area (Å²) >= 11 is 0. The molecule has 1 fully saturated rings. The van der Waals surface area contributed by atoms with Crippen molar-refractivity contribution in [2.75, 3.05) is 26.3 Å². The molecule has 1 unspecified atom stereocenters. The van der Waals surface area contributed by atoms with Gasteiger partial charge < -0.3 is 14.2 Å². The van der Waals surface area contributed by atoms with Gasteiger partial charge >= 0.3 is 6.18 Å². The number of fused-ring (bicyclic) bond motifs is 1. The van der Waals surface area contributed by atoms with E-state index in [9.17, 15) is 17.6 Å². The van der Waals surface area contributed by atoms with Crippen LogP contribution in [0.15, 0.2) is 18.2 Å². The summed E-state index contributed by atoms with van der Waals surface area (Å²) in [5.41, 5.74) is 0.147. The number of piperidine rings is 1. The Hall–Kier alpha value is -2.46. The van der Waals surface area contributed by atoms with Crippen LogP contribution in [-0.4, -0.2) is 47.3 Å². The Labute approximate surface area is 183 Å². The first-order valence-electron chi connectivity index (χ1n) is 10.6. The van der Waals surface area contributed by atoms with Crippen LogP contribution >= 0.6 is 0 Å². The van der Waals surface area contributed by atoms with Crippen LogP contribution in [0.25, 0.3) is 0 Å². The molecule has 0 amide bonds. The smallest absolute Gasteiger partial charge is 0.433 e. The zero-order valence-electron chi connectivity index (χ0n) is 17.9. The van der Waals surface area contributed by atoms with Crippen LogP contribution in [-0.2, 0) is 17.5 Å². The van der Waals surface area contributed by atoms with Gasteiger partial charge in [0.15, 0.2) is 5.75 Å².